The van der Waals surface area contributed by atoms with Crippen LogP contribution in [-0.2, 0) is 11.8 Å². The summed E-state index contributed by atoms with van der Waals surface area (Å²) in [5, 5.41) is 4.03. The van der Waals surface area contributed by atoms with Crippen molar-refractivity contribution in [2.24, 2.45) is 12.0 Å². The van der Waals surface area contributed by atoms with Gasteiger partial charge >= 0.3 is 0 Å². The molecule has 1 aliphatic heterocycles. The fourth-order valence-corrected chi connectivity index (χ4v) is 3.21. The van der Waals surface area contributed by atoms with Gasteiger partial charge in [-0.1, -0.05) is 17.7 Å². The molecule has 0 radical (unpaired) electrons. The Bertz CT molecular complexity index is 852. The van der Waals surface area contributed by atoms with E-state index in [9.17, 15) is 4.79 Å². The summed E-state index contributed by atoms with van der Waals surface area (Å²) in [5.41, 5.74) is 3.78. The quantitative estimate of drug-likeness (QED) is 0.830. The number of aryl methyl sites for hydroxylation is 1. The maximum Gasteiger partial charge on any atom is 0.264 e. The lowest BCUT2D eigenvalue weighted by atomic mass is 10.2. The Balaban J connectivity index is 1.89. The van der Waals surface area contributed by atoms with Gasteiger partial charge in [0.25, 0.3) is 5.91 Å². The molecule has 1 aromatic carbocycles. The fourth-order valence-electron chi connectivity index (χ4n) is 2.22. The number of nitrogens with one attached hydrogen (secondary N) is 1. The maximum atomic E-state index is 12.1. The van der Waals surface area contributed by atoms with Crippen LogP contribution in [0.2, 0.25) is 5.02 Å². The topological polar surface area (TPSA) is 46.4 Å². The Morgan fingerprint density at radius 1 is 1.26 bits per heavy atom. The van der Waals surface area contributed by atoms with Crippen molar-refractivity contribution < 1.29 is 4.79 Å². The minimum Gasteiger partial charge on any atom is -0.348 e. The fraction of sp³-hybridized carbons (Fsp3) is 0.176. The van der Waals surface area contributed by atoms with E-state index in [4.69, 9.17) is 11.6 Å². The lowest BCUT2D eigenvalue weighted by Gasteiger charge is -2.02. The molecule has 0 saturated carbocycles. The van der Waals surface area contributed by atoms with Crippen molar-refractivity contribution in [3.63, 3.8) is 0 Å². The highest BCUT2D eigenvalue weighted by Crippen LogP contribution is 2.31. The molecule has 23 heavy (non-hydrogen) atoms. The van der Waals surface area contributed by atoms with Gasteiger partial charge in [-0.25, -0.2) is 4.99 Å². The monoisotopic (exact) mass is 345 g/mol. The predicted octanol–water partition coefficient (Wildman–Crippen LogP) is 4.19. The summed E-state index contributed by atoms with van der Waals surface area (Å²) >= 11 is 7.44. The third-order valence-corrected chi connectivity index (χ3v) is 5.12. The first-order valence-corrected chi connectivity index (χ1v) is 8.32. The summed E-state index contributed by atoms with van der Waals surface area (Å²) in [4.78, 5) is 17.3. The molecule has 2 heterocycles. The number of carbonyl (C=O) groups is 1. The maximum absolute atomic E-state index is 12.1. The molecule has 0 atom stereocenters. The molecule has 1 N–H and O–H groups in total. The van der Waals surface area contributed by atoms with Gasteiger partial charge in [-0.05, 0) is 61.5 Å². The van der Waals surface area contributed by atoms with Crippen LogP contribution in [0.25, 0.3) is 6.08 Å². The Morgan fingerprint density at radius 3 is 2.74 bits per heavy atom. The van der Waals surface area contributed by atoms with Crippen molar-refractivity contribution in [2.45, 2.75) is 13.8 Å². The highest BCUT2D eigenvalue weighted by Gasteiger charge is 2.24. The standard InChI is InChI=1S/C17H16ClN3OS/c1-10-7-8-12(21(10)3)9-15-16(22)20-17(23-15)19-14-6-4-5-13(18)11(14)2/h4-9H,1-3H3,(H,19,20,22)/b15-9-. The van der Waals surface area contributed by atoms with Crippen molar-refractivity contribution in [1.29, 1.82) is 0 Å². The molecule has 1 fully saturated rings. The molecular formula is C17H16ClN3OS. The van der Waals surface area contributed by atoms with Crippen LogP contribution in [0.15, 0.2) is 40.2 Å². The van der Waals surface area contributed by atoms with E-state index in [1.807, 2.05) is 61.9 Å². The highest BCUT2D eigenvalue weighted by molar-refractivity contribution is 8.18. The summed E-state index contributed by atoms with van der Waals surface area (Å²) in [6, 6.07) is 9.56. The third kappa shape index (κ3) is 3.21. The largest absolute Gasteiger partial charge is 0.348 e. The van der Waals surface area contributed by atoms with Crippen molar-refractivity contribution >= 4 is 46.2 Å². The number of hydrogen-bond acceptors (Lipinski definition) is 3. The zero-order chi connectivity index (χ0) is 16.6. The number of amides is 1. The van der Waals surface area contributed by atoms with E-state index in [0.29, 0.717) is 15.1 Å². The summed E-state index contributed by atoms with van der Waals surface area (Å²) < 4.78 is 2.04. The number of nitrogens with zero attached hydrogens (tertiary/aromatic N) is 2. The predicted molar refractivity (Wildman–Crippen MR) is 97.1 cm³/mol. The summed E-state index contributed by atoms with van der Waals surface area (Å²) in [5.74, 6) is -0.132. The highest BCUT2D eigenvalue weighted by atomic mass is 35.5. The molecule has 118 valence electrons. The molecule has 0 spiro atoms. The average molecular weight is 346 g/mol. The van der Waals surface area contributed by atoms with Gasteiger partial charge in [0.15, 0.2) is 5.17 Å². The van der Waals surface area contributed by atoms with Crippen molar-refractivity contribution in [3.05, 3.63) is 57.2 Å². The lowest BCUT2D eigenvalue weighted by Crippen LogP contribution is -2.19. The van der Waals surface area contributed by atoms with E-state index >= 15 is 0 Å². The van der Waals surface area contributed by atoms with Gasteiger partial charge in [-0.3, -0.25) is 4.79 Å². The molecule has 3 rings (SSSR count). The first kappa shape index (κ1) is 15.9. The molecule has 6 heteroatoms. The second-order valence-electron chi connectivity index (χ2n) is 5.32. The van der Waals surface area contributed by atoms with Crippen LogP contribution in [-0.4, -0.2) is 15.6 Å². The normalized spacial score (nSPS) is 18.0. The Morgan fingerprint density at radius 2 is 2.04 bits per heavy atom. The van der Waals surface area contributed by atoms with E-state index in [2.05, 4.69) is 10.3 Å². The van der Waals surface area contributed by atoms with Crippen LogP contribution in [0.3, 0.4) is 0 Å². The smallest absolute Gasteiger partial charge is 0.264 e. The SMILES string of the molecule is Cc1c(Cl)cccc1N=C1NC(=O)/C(=C/c2ccc(C)n2C)S1. The first-order valence-electron chi connectivity index (χ1n) is 7.13. The molecule has 0 unspecified atom stereocenters. The molecular weight excluding hydrogens is 330 g/mol. The number of thioether (sulfide) groups is 1. The van der Waals surface area contributed by atoms with Crippen LogP contribution in [0.5, 0.6) is 0 Å². The van der Waals surface area contributed by atoms with Gasteiger partial charge in [-0.2, -0.15) is 0 Å². The van der Waals surface area contributed by atoms with Gasteiger partial charge in [0, 0.05) is 23.5 Å². The Kier molecular flexibility index (Phi) is 4.33. The van der Waals surface area contributed by atoms with Crippen LogP contribution < -0.4 is 5.32 Å². The van der Waals surface area contributed by atoms with E-state index in [0.717, 1.165) is 22.6 Å². The van der Waals surface area contributed by atoms with Crippen molar-refractivity contribution in [1.82, 2.24) is 9.88 Å². The lowest BCUT2D eigenvalue weighted by molar-refractivity contribution is -0.115. The molecule has 4 nitrogen and oxygen atoms in total. The number of hydrogen-bond donors (Lipinski definition) is 1. The van der Waals surface area contributed by atoms with Gasteiger partial charge < -0.3 is 9.88 Å². The molecule has 0 aliphatic carbocycles. The Hall–Kier alpha value is -1.98. The molecule has 1 amide bonds. The average Bonchev–Trinajstić information content (AvgIpc) is 3.01. The van der Waals surface area contributed by atoms with Crippen LogP contribution in [0.4, 0.5) is 5.69 Å². The van der Waals surface area contributed by atoms with E-state index in [-0.39, 0.29) is 5.91 Å². The number of amidine groups is 1. The van der Waals surface area contributed by atoms with Crippen LogP contribution >= 0.6 is 23.4 Å². The summed E-state index contributed by atoms with van der Waals surface area (Å²) in [6.07, 6.45) is 1.88. The molecule has 2 aromatic rings. The number of benzene rings is 1. The molecule has 1 aromatic heterocycles. The van der Waals surface area contributed by atoms with Gasteiger partial charge in [-0.15, -0.1) is 0 Å². The number of aromatic nitrogens is 1. The number of aliphatic imine (C=N–C) groups is 1. The van der Waals surface area contributed by atoms with Crippen LogP contribution in [0, 0.1) is 13.8 Å². The minimum absolute atomic E-state index is 0.132. The second-order valence-corrected chi connectivity index (χ2v) is 6.76. The minimum atomic E-state index is -0.132. The van der Waals surface area contributed by atoms with E-state index < -0.39 is 0 Å². The molecule has 1 aliphatic rings. The third-order valence-electron chi connectivity index (χ3n) is 3.80. The number of halogens is 1. The summed E-state index contributed by atoms with van der Waals surface area (Å²) in [7, 11) is 1.98. The first-order chi connectivity index (χ1) is 11.0. The Labute approximate surface area is 144 Å². The second kappa shape index (κ2) is 6.26. The van der Waals surface area contributed by atoms with Crippen molar-refractivity contribution in [3.8, 4) is 0 Å². The zero-order valence-electron chi connectivity index (χ0n) is 13.1. The molecule has 1 saturated heterocycles. The van der Waals surface area contributed by atoms with Crippen LogP contribution in [0.1, 0.15) is 17.0 Å². The number of rotatable bonds is 2. The van der Waals surface area contributed by atoms with Gasteiger partial charge in [0.1, 0.15) is 0 Å². The number of carbonyl (C=O) groups excluding carboxylic acids is 1. The zero-order valence-corrected chi connectivity index (χ0v) is 14.6. The van der Waals surface area contributed by atoms with Gasteiger partial charge in [0.2, 0.25) is 0 Å². The van der Waals surface area contributed by atoms with Gasteiger partial charge in [0.05, 0.1) is 10.6 Å². The van der Waals surface area contributed by atoms with E-state index in [1.165, 1.54) is 11.8 Å². The summed E-state index contributed by atoms with van der Waals surface area (Å²) in [6.45, 7) is 3.94. The van der Waals surface area contributed by atoms with E-state index in [1.54, 1.807) is 0 Å². The molecule has 0 bridgehead atoms. The van der Waals surface area contributed by atoms with Crippen molar-refractivity contribution in [2.75, 3.05) is 0 Å².